The van der Waals surface area contributed by atoms with Crippen LogP contribution in [0.5, 0.6) is 0 Å². The van der Waals surface area contributed by atoms with E-state index in [9.17, 15) is 4.79 Å². The number of hydrogen-bond donors (Lipinski definition) is 2. The smallest absolute Gasteiger partial charge is 0.232 e. The Morgan fingerprint density at radius 1 is 0.912 bits per heavy atom. The van der Waals surface area contributed by atoms with Gasteiger partial charge in [-0.2, -0.15) is 0 Å². The van der Waals surface area contributed by atoms with Gasteiger partial charge >= 0.3 is 0 Å². The monoisotopic (exact) mass is 463 g/mol. The minimum atomic E-state index is -0.776. The Kier molecular flexibility index (Phi) is 10.6. The molecular weight excluding hydrogens is 418 g/mol. The van der Waals surface area contributed by atoms with Gasteiger partial charge in [0.2, 0.25) is 5.91 Å². The predicted molar refractivity (Wildman–Crippen MR) is 143 cm³/mol. The number of carbonyl (C=O) groups is 1. The van der Waals surface area contributed by atoms with Crippen molar-refractivity contribution in [1.29, 1.82) is 0 Å². The molecule has 4 heteroatoms. The summed E-state index contributed by atoms with van der Waals surface area (Å²) in [6.45, 7) is 8.65. The van der Waals surface area contributed by atoms with Crippen LogP contribution in [0.4, 0.5) is 0 Å². The van der Waals surface area contributed by atoms with Crippen molar-refractivity contribution in [1.82, 2.24) is 10.2 Å². The van der Waals surface area contributed by atoms with Gasteiger partial charge in [-0.3, -0.25) is 4.79 Å². The number of nitrogens with one attached hydrogen (secondary N) is 1. The number of carbonyl (C=O) groups excluding carboxylic acids is 1. The van der Waals surface area contributed by atoms with Crippen LogP contribution in [0.15, 0.2) is 60.7 Å². The number of likely N-dealkylation sites (tertiary alicyclic amines) is 1. The second kappa shape index (κ2) is 13.7. The van der Waals surface area contributed by atoms with E-state index in [1.54, 1.807) is 0 Å². The molecule has 2 aromatic rings. The highest BCUT2D eigenvalue weighted by Gasteiger charge is 2.49. The van der Waals surface area contributed by atoms with E-state index >= 15 is 0 Å². The summed E-state index contributed by atoms with van der Waals surface area (Å²) in [7, 11) is 0. The summed E-state index contributed by atoms with van der Waals surface area (Å²) in [4.78, 5) is 15.7. The number of unbranched alkanes of at least 4 members (excludes halogenated alkanes) is 6. The van der Waals surface area contributed by atoms with Crippen molar-refractivity contribution < 1.29 is 4.79 Å². The molecule has 0 saturated carbocycles. The van der Waals surface area contributed by atoms with Gasteiger partial charge in [0.15, 0.2) is 0 Å². The number of rotatable bonds is 15. The molecule has 0 spiro atoms. The second-order valence-electron chi connectivity index (χ2n) is 10.3. The SMILES string of the molecule is CC(C)NCCCCCCCCCN1CCC(C(C(N)=O)(c2ccccc2)c2ccccc2)C1. The van der Waals surface area contributed by atoms with Crippen LogP contribution in [0.25, 0.3) is 0 Å². The highest BCUT2D eigenvalue weighted by Crippen LogP contribution is 2.43. The Bertz CT molecular complexity index is 797. The summed E-state index contributed by atoms with van der Waals surface area (Å²) in [6.07, 6.45) is 10.2. The number of nitrogens with zero attached hydrogens (tertiary/aromatic N) is 1. The molecule has 0 bridgehead atoms. The quantitative estimate of drug-likeness (QED) is 0.343. The Morgan fingerprint density at radius 3 is 1.97 bits per heavy atom. The predicted octanol–water partition coefficient (Wildman–Crippen LogP) is 5.51. The van der Waals surface area contributed by atoms with Crippen molar-refractivity contribution >= 4 is 5.91 Å². The molecular formula is C30H45N3O. The number of benzene rings is 2. The molecule has 1 unspecified atom stereocenters. The molecule has 0 aliphatic carbocycles. The zero-order valence-electron chi connectivity index (χ0n) is 21.3. The summed E-state index contributed by atoms with van der Waals surface area (Å²) < 4.78 is 0. The van der Waals surface area contributed by atoms with Crippen LogP contribution >= 0.6 is 0 Å². The maximum Gasteiger partial charge on any atom is 0.232 e. The van der Waals surface area contributed by atoms with Gasteiger partial charge in [0.05, 0.1) is 0 Å². The third kappa shape index (κ3) is 6.93. The summed E-state index contributed by atoms with van der Waals surface area (Å²) in [5, 5.41) is 3.50. The van der Waals surface area contributed by atoms with Crippen LogP contribution < -0.4 is 11.1 Å². The Morgan fingerprint density at radius 2 is 1.44 bits per heavy atom. The maximum absolute atomic E-state index is 13.2. The molecule has 0 aromatic heterocycles. The fourth-order valence-electron chi connectivity index (χ4n) is 5.65. The minimum absolute atomic E-state index is 0.189. The minimum Gasteiger partial charge on any atom is -0.369 e. The van der Waals surface area contributed by atoms with Crippen LogP contribution in [-0.4, -0.2) is 43.0 Å². The van der Waals surface area contributed by atoms with Crippen molar-refractivity contribution in [2.75, 3.05) is 26.2 Å². The topological polar surface area (TPSA) is 58.4 Å². The fourth-order valence-corrected chi connectivity index (χ4v) is 5.65. The molecule has 186 valence electrons. The average molecular weight is 464 g/mol. The molecule has 0 radical (unpaired) electrons. The summed E-state index contributed by atoms with van der Waals surface area (Å²) >= 11 is 0. The number of nitrogens with two attached hydrogens (primary N) is 1. The van der Waals surface area contributed by atoms with Crippen LogP contribution in [0.1, 0.15) is 76.3 Å². The molecule has 1 aliphatic rings. The van der Waals surface area contributed by atoms with Crippen LogP contribution in [0, 0.1) is 5.92 Å². The second-order valence-corrected chi connectivity index (χ2v) is 10.3. The number of amides is 1. The molecule has 1 atom stereocenters. The number of primary amides is 1. The normalized spacial score (nSPS) is 16.9. The average Bonchev–Trinajstić information content (AvgIpc) is 3.31. The van der Waals surface area contributed by atoms with Gasteiger partial charge in [-0.25, -0.2) is 0 Å². The molecule has 1 heterocycles. The van der Waals surface area contributed by atoms with E-state index in [1.165, 1.54) is 44.9 Å². The third-order valence-corrected chi connectivity index (χ3v) is 7.44. The van der Waals surface area contributed by atoms with E-state index in [-0.39, 0.29) is 11.8 Å². The number of hydrogen-bond acceptors (Lipinski definition) is 3. The molecule has 4 nitrogen and oxygen atoms in total. The molecule has 3 rings (SSSR count). The first kappa shape index (κ1) is 26.4. The van der Waals surface area contributed by atoms with Crippen molar-refractivity contribution in [3.63, 3.8) is 0 Å². The lowest BCUT2D eigenvalue weighted by Gasteiger charge is -2.37. The van der Waals surface area contributed by atoms with Gasteiger partial charge in [-0.1, -0.05) is 107 Å². The zero-order valence-corrected chi connectivity index (χ0v) is 21.3. The van der Waals surface area contributed by atoms with Gasteiger partial charge in [-0.05, 0) is 55.9 Å². The lowest BCUT2D eigenvalue weighted by Crippen LogP contribution is -2.49. The van der Waals surface area contributed by atoms with E-state index in [1.807, 2.05) is 36.4 Å². The lowest BCUT2D eigenvalue weighted by atomic mass is 9.64. The van der Waals surface area contributed by atoms with Crippen molar-refractivity contribution in [3.05, 3.63) is 71.8 Å². The van der Waals surface area contributed by atoms with E-state index in [0.29, 0.717) is 6.04 Å². The first-order valence-corrected chi connectivity index (χ1v) is 13.4. The molecule has 1 fully saturated rings. The van der Waals surface area contributed by atoms with E-state index in [4.69, 9.17) is 5.73 Å². The lowest BCUT2D eigenvalue weighted by molar-refractivity contribution is -0.123. The van der Waals surface area contributed by atoms with Crippen LogP contribution in [0.2, 0.25) is 0 Å². The molecule has 2 aromatic carbocycles. The maximum atomic E-state index is 13.2. The van der Waals surface area contributed by atoms with Gasteiger partial charge < -0.3 is 16.0 Å². The summed E-state index contributed by atoms with van der Waals surface area (Å²) in [6, 6.07) is 20.9. The standard InChI is InChI=1S/C30H45N3O/c1-25(2)32-21-14-6-4-3-5-7-15-22-33-23-20-28(24-33)30(29(31)34,26-16-10-8-11-17-26)27-18-12-9-13-19-27/h8-13,16-19,25,28,32H,3-7,14-15,20-24H2,1-2H3,(H2,31,34). The van der Waals surface area contributed by atoms with Gasteiger partial charge in [0, 0.05) is 12.6 Å². The molecule has 1 saturated heterocycles. The van der Waals surface area contributed by atoms with Gasteiger partial charge in [-0.15, -0.1) is 0 Å². The molecule has 34 heavy (non-hydrogen) atoms. The Labute approximate surface area is 207 Å². The Balaban J connectivity index is 1.51. The highest BCUT2D eigenvalue weighted by molar-refractivity contribution is 5.91. The fraction of sp³-hybridized carbons (Fsp3) is 0.567. The van der Waals surface area contributed by atoms with Crippen LogP contribution in [-0.2, 0) is 10.2 Å². The van der Waals surface area contributed by atoms with E-state index in [0.717, 1.165) is 43.7 Å². The third-order valence-electron chi connectivity index (χ3n) is 7.44. The Hall–Kier alpha value is -2.17. The van der Waals surface area contributed by atoms with Crippen molar-refractivity contribution in [3.8, 4) is 0 Å². The van der Waals surface area contributed by atoms with Crippen LogP contribution in [0.3, 0.4) is 0 Å². The zero-order chi connectivity index (χ0) is 24.2. The van der Waals surface area contributed by atoms with Crippen molar-refractivity contribution in [2.45, 2.75) is 76.7 Å². The first-order chi connectivity index (χ1) is 16.5. The van der Waals surface area contributed by atoms with Gasteiger partial charge in [0.25, 0.3) is 0 Å². The van der Waals surface area contributed by atoms with Gasteiger partial charge in [0.1, 0.15) is 5.41 Å². The molecule has 3 N–H and O–H groups in total. The summed E-state index contributed by atoms with van der Waals surface area (Å²) in [5.74, 6) is -0.0467. The largest absolute Gasteiger partial charge is 0.369 e. The molecule has 1 amide bonds. The van der Waals surface area contributed by atoms with E-state index < -0.39 is 5.41 Å². The first-order valence-electron chi connectivity index (χ1n) is 13.4. The van der Waals surface area contributed by atoms with E-state index in [2.05, 4.69) is 48.3 Å². The highest BCUT2D eigenvalue weighted by atomic mass is 16.1. The van der Waals surface area contributed by atoms with Crippen molar-refractivity contribution in [2.24, 2.45) is 11.7 Å². The summed E-state index contributed by atoms with van der Waals surface area (Å²) in [5.41, 5.74) is 7.47. The molecule has 1 aliphatic heterocycles.